The topological polar surface area (TPSA) is 87.9 Å². The number of nitrogens with zero attached hydrogens (tertiary/aromatic N) is 3. The minimum atomic E-state index is 0.0500. The number of hydrogen-bond acceptors (Lipinski definition) is 6. The van der Waals surface area contributed by atoms with Crippen LogP contribution >= 0.6 is 0 Å². The van der Waals surface area contributed by atoms with Crippen LogP contribution in [0.3, 0.4) is 0 Å². The van der Waals surface area contributed by atoms with Gasteiger partial charge in [0, 0.05) is 5.56 Å². The number of rotatable bonds is 5. The van der Waals surface area contributed by atoms with Gasteiger partial charge in [0.05, 0.1) is 24.2 Å². The summed E-state index contributed by atoms with van der Waals surface area (Å²) >= 11 is 0. The molecule has 0 fully saturated rings. The molecule has 2 heterocycles. The maximum atomic E-state index is 8.80. The molecular weight excluding hydrogens is 292 g/mol. The Hall–Kier alpha value is -2.91. The Labute approximate surface area is 133 Å². The summed E-state index contributed by atoms with van der Waals surface area (Å²) < 4.78 is 11.2. The summed E-state index contributed by atoms with van der Waals surface area (Å²) in [7, 11) is 0. The van der Waals surface area contributed by atoms with Crippen molar-refractivity contribution < 1.29 is 8.83 Å². The van der Waals surface area contributed by atoms with E-state index in [1.807, 2.05) is 26.0 Å². The zero-order valence-corrected chi connectivity index (χ0v) is 12.9. The van der Waals surface area contributed by atoms with Crippen molar-refractivity contribution in [3.63, 3.8) is 0 Å². The summed E-state index contributed by atoms with van der Waals surface area (Å²) in [5.41, 5.74) is 1.38. The van der Waals surface area contributed by atoms with E-state index in [1.54, 1.807) is 24.3 Å². The first-order valence-electron chi connectivity index (χ1n) is 7.28. The Balaban J connectivity index is 1.64. The van der Waals surface area contributed by atoms with E-state index in [1.165, 1.54) is 0 Å². The van der Waals surface area contributed by atoms with Gasteiger partial charge in [0.15, 0.2) is 0 Å². The molecule has 0 radical (unpaired) electrons. The molecule has 3 rings (SSSR count). The Kier molecular flexibility index (Phi) is 4.22. The van der Waals surface area contributed by atoms with Crippen LogP contribution in [0.25, 0.3) is 11.5 Å². The first-order chi connectivity index (χ1) is 11.2. The first kappa shape index (κ1) is 15.0. The summed E-state index contributed by atoms with van der Waals surface area (Å²) in [4.78, 5) is 0. The molecule has 1 atom stereocenters. The fraction of sp³-hybridized carbons (Fsp3) is 0.235. The zero-order valence-electron chi connectivity index (χ0n) is 12.9. The lowest BCUT2D eigenvalue weighted by molar-refractivity contribution is 0.394. The molecule has 1 unspecified atom stereocenters. The number of benzene rings is 1. The predicted octanol–water partition coefficient (Wildman–Crippen LogP) is 3.36. The van der Waals surface area contributed by atoms with E-state index in [9.17, 15) is 0 Å². The van der Waals surface area contributed by atoms with Crippen LogP contribution in [0.2, 0.25) is 0 Å². The highest BCUT2D eigenvalue weighted by Crippen LogP contribution is 2.19. The minimum Gasteiger partial charge on any atom is -0.465 e. The summed E-state index contributed by atoms with van der Waals surface area (Å²) in [5, 5.41) is 20.1. The van der Waals surface area contributed by atoms with Crippen LogP contribution < -0.4 is 5.32 Å². The van der Waals surface area contributed by atoms with Crippen molar-refractivity contribution in [2.75, 3.05) is 0 Å². The van der Waals surface area contributed by atoms with Gasteiger partial charge >= 0.3 is 0 Å². The van der Waals surface area contributed by atoms with E-state index in [4.69, 9.17) is 14.1 Å². The van der Waals surface area contributed by atoms with E-state index in [2.05, 4.69) is 21.6 Å². The highest BCUT2D eigenvalue weighted by atomic mass is 16.4. The van der Waals surface area contributed by atoms with Gasteiger partial charge in [-0.1, -0.05) is 0 Å². The molecule has 1 aromatic carbocycles. The standard InChI is InChI=1S/C17H16N4O2/c1-11-3-8-15(22-11)12(2)19-10-16-20-21-17(23-16)14-6-4-13(9-18)5-7-14/h3-8,12,19H,10H2,1-2H3. The van der Waals surface area contributed by atoms with E-state index in [0.717, 1.165) is 17.1 Å². The van der Waals surface area contributed by atoms with Crippen LogP contribution in [0.1, 0.15) is 35.9 Å². The first-order valence-corrected chi connectivity index (χ1v) is 7.28. The van der Waals surface area contributed by atoms with Crippen LogP contribution in [0.5, 0.6) is 0 Å². The maximum absolute atomic E-state index is 8.80. The molecule has 0 aliphatic heterocycles. The van der Waals surface area contributed by atoms with Gasteiger partial charge in [-0.05, 0) is 50.2 Å². The molecule has 0 saturated heterocycles. The Bertz CT molecular complexity index is 827. The largest absolute Gasteiger partial charge is 0.465 e. The number of furan rings is 1. The van der Waals surface area contributed by atoms with Crippen molar-refractivity contribution in [1.82, 2.24) is 15.5 Å². The number of nitrogens with one attached hydrogen (secondary N) is 1. The van der Waals surface area contributed by atoms with Gasteiger partial charge in [-0.25, -0.2) is 0 Å². The monoisotopic (exact) mass is 308 g/mol. The molecule has 3 aromatic rings. The van der Waals surface area contributed by atoms with Gasteiger partial charge in [-0.2, -0.15) is 5.26 Å². The third kappa shape index (κ3) is 3.47. The van der Waals surface area contributed by atoms with E-state index < -0.39 is 0 Å². The maximum Gasteiger partial charge on any atom is 0.247 e. The number of aromatic nitrogens is 2. The Morgan fingerprint density at radius 1 is 1.13 bits per heavy atom. The van der Waals surface area contributed by atoms with Gasteiger partial charge in [0.2, 0.25) is 11.8 Å². The van der Waals surface area contributed by atoms with E-state index in [-0.39, 0.29) is 6.04 Å². The van der Waals surface area contributed by atoms with Gasteiger partial charge in [-0.3, -0.25) is 5.32 Å². The molecule has 2 aromatic heterocycles. The van der Waals surface area contributed by atoms with Crippen molar-refractivity contribution in [2.24, 2.45) is 0 Å². The molecule has 6 nitrogen and oxygen atoms in total. The molecule has 0 aliphatic carbocycles. The quantitative estimate of drug-likeness (QED) is 0.777. The second-order valence-electron chi connectivity index (χ2n) is 5.24. The average Bonchev–Trinajstić information content (AvgIpc) is 3.22. The van der Waals surface area contributed by atoms with Crippen molar-refractivity contribution in [2.45, 2.75) is 26.4 Å². The molecular formula is C17H16N4O2. The van der Waals surface area contributed by atoms with Crippen molar-refractivity contribution in [3.8, 4) is 17.5 Å². The predicted molar refractivity (Wildman–Crippen MR) is 83.1 cm³/mol. The van der Waals surface area contributed by atoms with Gasteiger partial charge < -0.3 is 8.83 Å². The van der Waals surface area contributed by atoms with E-state index in [0.29, 0.717) is 23.9 Å². The fourth-order valence-corrected chi connectivity index (χ4v) is 2.16. The lowest BCUT2D eigenvalue weighted by atomic mass is 10.1. The highest BCUT2D eigenvalue weighted by molar-refractivity contribution is 5.54. The fourth-order valence-electron chi connectivity index (χ4n) is 2.16. The van der Waals surface area contributed by atoms with Crippen LogP contribution in [0, 0.1) is 18.3 Å². The SMILES string of the molecule is Cc1ccc(C(C)NCc2nnc(-c3ccc(C#N)cc3)o2)o1. The zero-order chi connectivity index (χ0) is 16.2. The molecule has 0 bridgehead atoms. The van der Waals surface area contributed by atoms with Crippen LogP contribution in [0.4, 0.5) is 0 Å². The minimum absolute atomic E-state index is 0.0500. The second kappa shape index (κ2) is 6.46. The van der Waals surface area contributed by atoms with Crippen molar-refractivity contribution >= 4 is 0 Å². The summed E-state index contributed by atoms with van der Waals surface area (Å²) in [6.45, 7) is 4.37. The number of aryl methyl sites for hydroxylation is 1. The van der Waals surface area contributed by atoms with Crippen molar-refractivity contribution in [3.05, 3.63) is 59.4 Å². The Morgan fingerprint density at radius 2 is 1.91 bits per heavy atom. The Morgan fingerprint density at radius 3 is 2.57 bits per heavy atom. The molecule has 0 amide bonds. The van der Waals surface area contributed by atoms with Gasteiger partial charge in [0.1, 0.15) is 11.5 Å². The third-order valence-electron chi connectivity index (χ3n) is 3.48. The summed E-state index contributed by atoms with van der Waals surface area (Å²) in [6.07, 6.45) is 0. The molecule has 0 spiro atoms. The number of nitriles is 1. The molecule has 0 saturated carbocycles. The second-order valence-corrected chi connectivity index (χ2v) is 5.24. The molecule has 6 heteroatoms. The van der Waals surface area contributed by atoms with Crippen LogP contribution in [-0.2, 0) is 6.54 Å². The normalized spacial score (nSPS) is 12.0. The summed E-state index contributed by atoms with van der Waals surface area (Å²) in [5.74, 6) is 2.69. The third-order valence-corrected chi connectivity index (χ3v) is 3.48. The van der Waals surface area contributed by atoms with Crippen LogP contribution in [0.15, 0.2) is 45.2 Å². The summed E-state index contributed by atoms with van der Waals surface area (Å²) in [6, 6.07) is 13.0. The van der Waals surface area contributed by atoms with E-state index >= 15 is 0 Å². The molecule has 0 aliphatic rings. The lowest BCUT2D eigenvalue weighted by Gasteiger charge is -2.08. The van der Waals surface area contributed by atoms with Gasteiger partial charge in [0.25, 0.3) is 0 Å². The van der Waals surface area contributed by atoms with Gasteiger partial charge in [-0.15, -0.1) is 10.2 Å². The smallest absolute Gasteiger partial charge is 0.247 e. The molecule has 23 heavy (non-hydrogen) atoms. The van der Waals surface area contributed by atoms with Crippen LogP contribution in [-0.4, -0.2) is 10.2 Å². The van der Waals surface area contributed by atoms with Crippen molar-refractivity contribution in [1.29, 1.82) is 5.26 Å². The highest BCUT2D eigenvalue weighted by Gasteiger charge is 2.12. The molecule has 1 N–H and O–H groups in total. The molecule has 116 valence electrons. The lowest BCUT2D eigenvalue weighted by Crippen LogP contribution is -2.17. The average molecular weight is 308 g/mol. The number of hydrogen-bond donors (Lipinski definition) is 1.